The maximum Gasteiger partial charge on any atom is 0.338 e. The third-order valence-corrected chi connectivity index (χ3v) is 5.23. The number of nitrogens with one attached hydrogen (secondary N) is 2. The van der Waals surface area contributed by atoms with E-state index in [0.717, 1.165) is 9.83 Å². The van der Waals surface area contributed by atoms with Crippen molar-refractivity contribution in [3.8, 4) is 0 Å². The molecule has 0 aromatic heterocycles. The molecule has 0 radical (unpaired) electrons. The SMILES string of the molecule is NC1CCC(=O)NC(CS)C(=O)NCC(=O)OSSSOC1=O. The van der Waals surface area contributed by atoms with E-state index in [1.54, 1.807) is 0 Å². The normalized spacial score (nSPS) is 25.8. The van der Waals surface area contributed by atoms with Gasteiger partial charge in [0.25, 0.3) is 0 Å². The van der Waals surface area contributed by atoms with Gasteiger partial charge in [-0.15, -0.1) is 0 Å². The number of carbonyl (C=O) groups is 4. The Labute approximate surface area is 149 Å². The molecule has 0 aliphatic carbocycles. The molecular weight excluding hydrogens is 386 g/mol. The molecule has 2 atom stereocenters. The number of hydrogen-bond donors (Lipinski definition) is 4. The fourth-order valence-electron chi connectivity index (χ4n) is 1.35. The first-order chi connectivity index (χ1) is 10.9. The molecule has 1 aliphatic rings. The quantitative estimate of drug-likeness (QED) is 0.260. The summed E-state index contributed by atoms with van der Waals surface area (Å²) in [5.74, 6) is -2.38. The van der Waals surface area contributed by atoms with Crippen LogP contribution in [0.25, 0.3) is 0 Å². The summed E-state index contributed by atoms with van der Waals surface area (Å²) in [5, 5.41) is 4.78. The third-order valence-electron chi connectivity index (χ3n) is 2.53. The molecule has 130 valence electrons. The zero-order valence-corrected chi connectivity index (χ0v) is 15.0. The molecular formula is C10H15N3O6S4. The zero-order chi connectivity index (χ0) is 17.2. The van der Waals surface area contributed by atoms with Gasteiger partial charge in [-0.2, -0.15) is 12.6 Å². The minimum absolute atomic E-state index is 0.0436. The number of hydrogen-bond acceptors (Lipinski definition) is 11. The first-order valence-corrected chi connectivity index (χ1v) is 10.2. The first kappa shape index (κ1) is 20.3. The van der Waals surface area contributed by atoms with Crippen LogP contribution in [-0.2, 0) is 27.5 Å². The monoisotopic (exact) mass is 401 g/mol. The summed E-state index contributed by atoms with van der Waals surface area (Å²) in [4.78, 5) is 46.5. The van der Waals surface area contributed by atoms with Gasteiger partial charge in [-0.3, -0.25) is 9.59 Å². The van der Waals surface area contributed by atoms with Crippen LogP contribution in [0.5, 0.6) is 0 Å². The number of amides is 2. The highest BCUT2D eigenvalue weighted by Gasteiger charge is 2.23. The fraction of sp³-hybridized carbons (Fsp3) is 0.600. The molecule has 1 fully saturated rings. The van der Waals surface area contributed by atoms with Crippen molar-refractivity contribution in [1.82, 2.24) is 10.6 Å². The molecule has 4 N–H and O–H groups in total. The molecule has 0 saturated carbocycles. The highest BCUT2D eigenvalue weighted by Crippen LogP contribution is 2.36. The number of nitrogens with two attached hydrogens (primary N) is 1. The lowest BCUT2D eigenvalue weighted by molar-refractivity contribution is -0.135. The molecule has 1 rings (SSSR count). The summed E-state index contributed by atoms with van der Waals surface area (Å²) in [5.41, 5.74) is 5.60. The van der Waals surface area contributed by atoms with E-state index in [-0.39, 0.29) is 25.1 Å². The van der Waals surface area contributed by atoms with E-state index in [1.807, 2.05) is 0 Å². The van der Waals surface area contributed by atoms with Crippen LogP contribution >= 0.6 is 44.6 Å². The highest BCUT2D eigenvalue weighted by molar-refractivity contribution is 9.07. The summed E-state index contributed by atoms with van der Waals surface area (Å²) in [6, 6.07) is -1.88. The standard InChI is InChI=1S/C10H15N3O6S4/c11-5-1-2-7(14)13-6(4-20)9(16)12-3-8(15)18-21-23-22-19-10(5)17/h5-6,20H,1-4,11H2,(H,12,16)(H,13,14). The van der Waals surface area contributed by atoms with Crippen LogP contribution < -0.4 is 16.4 Å². The van der Waals surface area contributed by atoms with Crippen molar-refractivity contribution in [1.29, 1.82) is 0 Å². The summed E-state index contributed by atoms with van der Waals surface area (Å²) < 4.78 is 9.49. The maximum absolute atomic E-state index is 11.8. The van der Waals surface area contributed by atoms with Gasteiger partial charge in [0, 0.05) is 12.2 Å². The van der Waals surface area contributed by atoms with Crippen LogP contribution in [0, 0.1) is 0 Å². The predicted molar refractivity (Wildman–Crippen MR) is 91.0 cm³/mol. The molecule has 13 heteroatoms. The van der Waals surface area contributed by atoms with Gasteiger partial charge in [-0.05, 0) is 6.42 Å². The van der Waals surface area contributed by atoms with E-state index < -0.39 is 35.8 Å². The lowest BCUT2D eigenvalue weighted by Gasteiger charge is -2.17. The Hall–Kier alpha value is -0.760. The van der Waals surface area contributed by atoms with Gasteiger partial charge in [0.1, 0.15) is 40.8 Å². The van der Waals surface area contributed by atoms with E-state index in [9.17, 15) is 19.2 Å². The minimum Gasteiger partial charge on any atom is -0.377 e. The highest BCUT2D eigenvalue weighted by atomic mass is 33.5. The van der Waals surface area contributed by atoms with Gasteiger partial charge in [0.2, 0.25) is 11.8 Å². The van der Waals surface area contributed by atoms with Crippen molar-refractivity contribution in [2.75, 3.05) is 12.3 Å². The number of carbonyl (C=O) groups excluding carboxylic acids is 4. The minimum atomic E-state index is -0.974. The molecule has 1 saturated heterocycles. The van der Waals surface area contributed by atoms with Crippen LogP contribution in [0.4, 0.5) is 0 Å². The lowest BCUT2D eigenvalue weighted by atomic mass is 10.1. The summed E-state index contributed by atoms with van der Waals surface area (Å²) in [7, 11) is 0.892. The van der Waals surface area contributed by atoms with E-state index >= 15 is 0 Å². The summed E-state index contributed by atoms with van der Waals surface area (Å²) in [6.07, 6.45) is 0.0152. The average Bonchev–Trinajstić information content (AvgIpc) is 2.53. The second kappa shape index (κ2) is 10.9. The second-order valence-electron chi connectivity index (χ2n) is 4.23. The number of thiol groups is 1. The van der Waals surface area contributed by atoms with Crippen molar-refractivity contribution in [3.63, 3.8) is 0 Å². The van der Waals surface area contributed by atoms with Crippen molar-refractivity contribution in [2.45, 2.75) is 24.9 Å². The summed E-state index contributed by atoms with van der Waals surface area (Å²) >= 11 is 5.35. The van der Waals surface area contributed by atoms with Crippen molar-refractivity contribution < 1.29 is 27.5 Å². The van der Waals surface area contributed by atoms with E-state index in [1.165, 1.54) is 0 Å². The smallest absolute Gasteiger partial charge is 0.338 e. The Morgan fingerprint density at radius 1 is 1.22 bits per heavy atom. The average molecular weight is 402 g/mol. The Morgan fingerprint density at radius 2 is 1.91 bits per heavy atom. The van der Waals surface area contributed by atoms with Gasteiger partial charge in [-0.25, -0.2) is 9.59 Å². The van der Waals surface area contributed by atoms with E-state index in [2.05, 4.69) is 23.3 Å². The fourth-order valence-corrected chi connectivity index (χ4v) is 3.38. The van der Waals surface area contributed by atoms with Crippen LogP contribution in [-0.4, -0.2) is 48.1 Å². The summed E-state index contributed by atoms with van der Waals surface area (Å²) in [6.45, 7) is -0.359. The Kier molecular flexibility index (Phi) is 9.62. The van der Waals surface area contributed by atoms with Gasteiger partial charge in [-0.1, -0.05) is 0 Å². The van der Waals surface area contributed by atoms with Crippen LogP contribution in [0.3, 0.4) is 0 Å². The van der Waals surface area contributed by atoms with Gasteiger partial charge in [0.15, 0.2) is 0 Å². The van der Waals surface area contributed by atoms with Crippen molar-refractivity contribution >= 4 is 68.4 Å². The second-order valence-corrected chi connectivity index (χ2v) is 7.78. The maximum atomic E-state index is 11.8. The Balaban J connectivity index is 2.67. The predicted octanol–water partition coefficient (Wildman–Crippen LogP) is -0.416. The molecule has 2 unspecified atom stereocenters. The molecule has 1 aliphatic heterocycles. The van der Waals surface area contributed by atoms with Gasteiger partial charge in [0.05, 0.1) is 9.83 Å². The Bertz CT molecular complexity index is 466. The van der Waals surface area contributed by atoms with Crippen molar-refractivity contribution in [2.24, 2.45) is 5.73 Å². The van der Waals surface area contributed by atoms with Crippen LogP contribution in [0.2, 0.25) is 0 Å². The topological polar surface area (TPSA) is 137 Å². The third kappa shape index (κ3) is 8.06. The molecule has 0 aromatic rings. The zero-order valence-electron chi connectivity index (χ0n) is 11.7. The van der Waals surface area contributed by atoms with Gasteiger partial charge < -0.3 is 24.7 Å². The largest absolute Gasteiger partial charge is 0.377 e. The molecule has 0 spiro atoms. The first-order valence-electron chi connectivity index (χ1n) is 6.28. The molecule has 0 bridgehead atoms. The van der Waals surface area contributed by atoms with E-state index in [4.69, 9.17) is 14.1 Å². The Morgan fingerprint density at radius 3 is 2.61 bits per heavy atom. The van der Waals surface area contributed by atoms with Crippen molar-refractivity contribution in [3.05, 3.63) is 0 Å². The van der Waals surface area contributed by atoms with Gasteiger partial charge >= 0.3 is 11.9 Å². The molecule has 1 heterocycles. The molecule has 23 heavy (non-hydrogen) atoms. The molecule has 0 aromatic carbocycles. The van der Waals surface area contributed by atoms with Crippen LogP contribution in [0.1, 0.15) is 12.8 Å². The lowest BCUT2D eigenvalue weighted by Crippen LogP contribution is -2.49. The van der Waals surface area contributed by atoms with Crippen LogP contribution in [0.15, 0.2) is 0 Å². The molecule has 2 amide bonds. The number of rotatable bonds is 1. The van der Waals surface area contributed by atoms with E-state index in [0.29, 0.717) is 22.1 Å². The molecule has 9 nitrogen and oxygen atoms in total.